The standard InChI is InChI=1S/C19H30N4O4.HI/c1-5-26-17-11-14(8-9-16(17)25-4)22-19(21-13-18(24)23(2)3)20-12-15-7-6-10-27-15;/h8-9,11,15H,5-7,10,12-13H2,1-4H3,(H2,20,21,22);1H. The molecule has 0 saturated carbocycles. The van der Waals surface area contributed by atoms with Crippen molar-refractivity contribution in [2.24, 2.45) is 4.99 Å². The summed E-state index contributed by atoms with van der Waals surface area (Å²) in [7, 11) is 5.03. The molecule has 1 aliphatic heterocycles. The van der Waals surface area contributed by atoms with Crippen molar-refractivity contribution >= 4 is 41.5 Å². The molecule has 0 bridgehead atoms. The summed E-state index contributed by atoms with van der Waals surface area (Å²) in [6.45, 7) is 3.94. The van der Waals surface area contributed by atoms with Crippen molar-refractivity contribution in [1.29, 1.82) is 0 Å². The van der Waals surface area contributed by atoms with E-state index in [0.29, 0.717) is 30.6 Å². The maximum Gasteiger partial charge on any atom is 0.243 e. The number of hydrogen-bond donors (Lipinski definition) is 2. The van der Waals surface area contributed by atoms with Crippen LogP contribution in [0.5, 0.6) is 11.5 Å². The molecule has 1 unspecified atom stereocenters. The Kier molecular flexibility index (Phi) is 11.0. The van der Waals surface area contributed by atoms with Gasteiger partial charge in [0.25, 0.3) is 0 Å². The number of benzene rings is 1. The van der Waals surface area contributed by atoms with Crippen molar-refractivity contribution in [3.63, 3.8) is 0 Å². The van der Waals surface area contributed by atoms with Gasteiger partial charge in [-0.15, -0.1) is 24.0 Å². The molecule has 28 heavy (non-hydrogen) atoms. The molecule has 0 aliphatic carbocycles. The van der Waals surface area contributed by atoms with Crippen LogP contribution in [0.4, 0.5) is 5.69 Å². The fourth-order valence-electron chi connectivity index (χ4n) is 2.60. The zero-order valence-corrected chi connectivity index (χ0v) is 19.3. The Labute approximate surface area is 184 Å². The third kappa shape index (κ3) is 7.70. The van der Waals surface area contributed by atoms with Gasteiger partial charge >= 0.3 is 0 Å². The number of rotatable bonds is 8. The van der Waals surface area contributed by atoms with Crippen molar-refractivity contribution in [3.05, 3.63) is 18.2 Å². The van der Waals surface area contributed by atoms with Crippen LogP contribution in [-0.2, 0) is 9.53 Å². The van der Waals surface area contributed by atoms with E-state index in [1.54, 1.807) is 21.2 Å². The maximum absolute atomic E-state index is 11.9. The van der Waals surface area contributed by atoms with Crippen molar-refractivity contribution in [2.45, 2.75) is 25.9 Å². The average Bonchev–Trinajstić information content (AvgIpc) is 3.17. The molecule has 2 N–H and O–H groups in total. The molecular formula is C19H31IN4O4. The number of hydrogen-bond acceptors (Lipinski definition) is 5. The molecule has 158 valence electrons. The Balaban J connectivity index is 0.00000392. The van der Waals surface area contributed by atoms with E-state index in [-0.39, 0.29) is 42.5 Å². The van der Waals surface area contributed by atoms with Crippen molar-refractivity contribution in [2.75, 3.05) is 52.8 Å². The smallest absolute Gasteiger partial charge is 0.243 e. The lowest BCUT2D eigenvalue weighted by molar-refractivity contribution is -0.127. The first-order valence-electron chi connectivity index (χ1n) is 9.21. The summed E-state index contributed by atoms with van der Waals surface area (Å²) in [5.74, 6) is 1.76. The predicted molar refractivity (Wildman–Crippen MR) is 121 cm³/mol. The van der Waals surface area contributed by atoms with Gasteiger partial charge in [-0.25, -0.2) is 4.99 Å². The van der Waals surface area contributed by atoms with Crippen LogP contribution in [0.3, 0.4) is 0 Å². The maximum atomic E-state index is 11.9. The molecule has 1 saturated heterocycles. The molecule has 1 atom stereocenters. The van der Waals surface area contributed by atoms with Gasteiger partial charge in [-0.1, -0.05) is 0 Å². The highest BCUT2D eigenvalue weighted by Crippen LogP contribution is 2.30. The molecule has 2 rings (SSSR count). The third-order valence-corrected chi connectivity index (χ3v) is 4.12. The van der Waals surface area contributed by atoms with Gasteiger partial charge in [0.1, 0.15) is 6.54 Å². The first-order chi connectivity index (χ1) is 13.0. The topological polar surface area (TPSA) is 84.4 Å². The van der Waals surface area contributed by atoms with Crippen LogP contribution in [0.25, 0.3) is 0 Å². The van der Waals surface area contributed by atoms with Gasteiger partial charge in [0.15, 0.2) is 17.5 Å². The Morgan fingerprint density at radius 3 is 2.75 bits per heavy atom. The van der Waals surface area contributed by atoms with Crippen molar-refractivity contribution in [1.82, 2.24) is 10.2 Å². The minimum absolute atomic E-state index is 0. The minimum atomic E-state index is -0.0713. The molecule has 0 radical (unpaired) electrons. The number of anilines is 1. The summed E-state index contributed by atoms with van der Waals surface area (Å²) in [6.07, 6.45) is 2.26. The molecular weight excluding hydrogens is 475 g/mol. The summed E-state index contributed by atoms with van der Waals surface area (Å²) in [4.78, 5) is 17.8. The van der Waals surface area contributed by atoms with Crippen LogP contribution in [0.15, 0.2) is 23.2 Å². The lowest BCUT2D eigenvalue weighted by atomic mass is 10.2. The van der Waals surface area contributed by atoms with Gasteiger partial charge in [-0.2, -0.15) is 0 Å². The van der Waals surface area contributed by atoms with E-state index in [4.69, 9.17) is 14.2 Å². The van der Waals surface area contributed by atoms with Crippen LogP contribution in [-0.4, -0.2) is 70.4 Å². The number of methoxy groups -OCH3 is 1. The van der Waals surface area contributed by atoms with Crippen molar-refractivity contribution < 1.29 is 19.0 Å². The summed E-state index contributed by atoms with van der Waals surface area (Å²) in [5, 5.41) is 6.48. The minimum Gasteiger partial charge on any atom is -0.493 e. The van der Waals surface area contributed by atoms with Crippen LogP contribution in [0.1, 0.15) is 19.8 Å². The van der Waals surface area contributed by atoms with E-state index in [1.807, 2.05) is 25.1 Å². The summed E-state index contributed by atoms with van der Waals surface area (Å²) < 4.78 is 16.6. The molecule has 1 aliphatic rings. The number of ether oxygens (including phenoxy) is 3. The van der Waals surface area contributed by atoms with Gasteiger partial charge in [0.05, 0.1) is 19.8 Å². The zero-order valence-electron chi connectivity index (χ0n) is 17.0. The Hall–Kier alpha value is -1.75. The normalized spacial score (nSPS) is 16.1. The zero-order chi connectivity index (χ0) is 19.6. The Morgan fingerprint density at radius 2 is 2.14 bits per heavy atom. The lowest BCUT2D eigenvalue weighted by Gasteiger charge is -2.17. The van der Waals surface area contributed by atoms with Gasteiger partial charge in [0.2, 0.25) is 5.91 Å². The molecule has 1 aromatic rings. The highest BCUT2D eigenvalue weighted by Gasteiger charge is 2.16. The molecule has 1 aromatic carbocycles. The van der Waals surface area contributed by atoms with E-state index in [1.165, 1.54) is 4.90 Å². The summed E-state index contributed by atoms with van der Waals surface area (Å²) >= 11 is 0. The Morgan fingerprint density at radius 1 is 1.36 bits per heavy atom. The second kappa shape index (κ2) is 12.7. The van der Waals surface area contributed by atoms with E-state index in [0.717, 1.165) is 25.1 Å². The second-order valence-corrected chi connectivity index (χ2v) is 6.39. The first kappa shape index (κ1) is 24.3. The van der Waals surface area contributed by atoms with Gasteiger partial charge in [-0.05, 0) is 31.9 Å². The monoisotopic (exact) mass is 506 g/mol. The lowest BCUT2D eigenvalue weighted by Crippen LogP contribution is -2.37. The molecule has 1 heterocycles. The SMILES string of the molecule is CCOc1cc(NC(=NCC(=O)N(C)C)NCC2CCCO2)ccc1OC.I. The van der Waals surface area contributed by atoms with E-state index in [2.05, 4.69) is 15.6 Å². The number of guanidine groups is 1. The van der Waals surface area contributed by atoms with Crippen LogP contribution < -0.4 is 20.1 Å². The first-order valence-corrected chi connectivity index (χ1v) is 9.21. The van der Waals surface area contributed by atoms with Crippen molar-refractivity contribution in [3.8, 4) is 11.5 Å². The van der Waals surface area contributed by atoms with Crippen LogP contribution >= 0.6 is 24.0 Å². The number of likely N-dealkylation sites (N-methyl/N-ethyl adjacent to an activating group) is 1. The third-order valence-electron chi connectivity index (χ3n) is 4.12. The van der Waals surface area contributed by atoms with E-state index < -0.39 is 0 Å². The molecule has 1 amide bonds. The average molecular weight is 506 g/mol. The Bertz CT molecular complexity index is 649. The second-order valence-electron chi connectivity index (χ2n) is 6.39. The fraction of sp³-hybridized carbons (Fsp3) is 0.579. The quantitative estimate of drug-likeness (QED) is 0.320. The number of nitrogens with zero attached hydrogens (tertiary/aromatic N) is 2. The van der Waals surface area contributed by atoms with Gasteiger partial charge < -0.3 is 29.7 Å². The van der Waals surface area contributed by atoms with Gasteiger partial charge in [-0.3, -0.25) is 4.79 Å². The number of amides is 1. The molecule has 0 aromatic heterocycles. The number of halogens is 1. The molecule has 8 nitrogen and oxygen atoms in total. The fourth-order valence-corrected chi connectivity index (χ4v) is 2.60. The highest BCUT2D eigenvalue weighted by molar-refractivity contribution is 14.0. The summed E-state index contributed by atoms with van der Waals surface area (Å²) in [5.41, 5.74) is 0.787. The van der Waals surface area contributed by atoms with E-state index in [9.17, 15) is 4.79 Å². The largest absolute Gasteiger partial charge is 0.493 e. The number of aliphatic imine (C=N–C) groups is 1. The summed E-state index contributed by atoms with van der Waals surface area (Å²) in [6, 6.07) is 5.55. The number of carbonyl (C=O) groups is 1. The van der Waals surface area contributed by atoms with E-state index >= 15 is 0 Å². The molecule has 0 spiro atoms. The van der Waals surface area contributed by atoms with Gasteiger partial charge in [0, 0.05) is 39.0 Å². The molecule has 1 fully saturated rings. The number of carbonyl (C=O) groups excluding carboxylic acids is 1. The predicted octanol–water partition coefficient (Wildman–Crippen LogP) is 2.34. The van der Waals surface area contributed by atoms with Crippen LogP contribution in [0.2, 0.25) is 0 Å². The molecule has 9 heteroatoms. The van der Waals surface area contributed by atoms with Crippen LogP contribution in [0, 0.1) is 0 Å². The highest BCUT2D eigenvalue weighted by atomic mass is 127. The number of nitrogens with one attached hydrogen (secondary N) is 2.